The number of aromatic nitrogens is 1. The summed E-state index contributed by atoms with van der Waals surface area (Å²) in [6.45, 7) is 2.14. The van der Waals surface area contributed by atoms with Gasteiger partial charge in [-0.05, 0) is 79.0 Å². The van der Waals surface area contributed by atoms with Gasteiger partial charge in [0.2, 0.25) is 11.8 Å². The molecule has 1 saturated carbocycles. The number of nitrogens with one attached hydrogen (secondary N) is 1. The van der Waals surface area contributed by atoms with Crippen LogP contribution >= 0.6 is 11.6 Å². The highest BCUT2D eigenvalue weighted by Gasteiger charge is 2.58. The van der Waals surface area contributed by atoms with Crippen molar-refractivity contribution in [1.82, 2.24) is 15.2 Å². The summed E-state index contributed by atoms with van der Waals surface area (Å²) in [4.78, 5) is 31.0. The van der Waals surface area contributed by atoms with Gasteiger partial charge in [-0.1, -0.05) is 23.7 Å². The number of carbonyl (C=O) groups is 2. The molecule has 0 radical (unpaired) electrons. The molecule has 0 bridgehead atoms. The Kier molecular flexibility index (Phi) is 6.71. The molecule has 1 unspecified atom stereocenters. The molecule has 1 aliphatic heterocycles. The van der Waals surface area contributed by atoms with Gasteiger partial charge in [-0.15, -0.1) is 0 Å². The van der Waals surface area contributed by atoms with Crippen LogP contribution in [-0.4, -0.2) is 41.3 Å². The van der Waals surface area contributed by atoms with E-state index in [1.54, 1.807) is 18.5 Å². The zero-order valence-corrected chi connectivity index (χ0v) is 18.4. The molecule has 1 aliphatic carbocycles. The number of piperidine rings is 1. The van der Waals surface area contributed by atoms with Gasteiger partial charge in [0.1, 0.15) is 0 Å². The predicted octanol–water partition coefficient (Wildman–Crippen LogP) is 4.13. The Bertz CT molecular complexity index is 935. The van der Waals surface area contributed by atoms with Crippen molar-refractivity contribution in [3.8, 4) is 0 Å². The summed E-state index contributed by atoms with van der Waals surface area (Å²) in [6, 6.07) is 11.4. The van der Waals surface area contributed by atoms with Crippen molar-refractivity contribution in [1.29, 1.82) is 0 Å². The van der Waals surface area contributed by atoms with Crippen LogP contribution in [0.25, 0.3) is 6.08 Å². The molecule has 4 rings (SSSR count). The quantitative estimate of drug-likeness (QED) is 0.523. The van der Waals surface area contributed by atoms with E-state index in [1.807, 2.05) is 47.4 Å². The fourth-order valence-electron chi connectivity index (χ4n) is 4.47. The Balaban J connectivity index is 1.18. The molecule has 2 aromatic rings. The van der Waals surface area contributed by atoms with Crippen molar-refractivity contribution in [2.75, 3.05) is 19.6 Å². The summed E-state index contributed by atoms with van der Waals surface area (Å²) < 4.78 is 0. The zero-order chi connectivity index (χ0) is 21.7. The number of halogens is 1. The average Bonchev–Trinajstić information content (AvgIpc) is 3.50. The topological polar surface area (TPSA) is 62.3 Å². The van der Waals surface area contributed by atoms with E-state index in [9.17, 15) is 9.59 Å². The largest absolute Gasteiger partial charge is 0.356 e. The molecule has 2 amide bonds. The number of amides is 2. The molecular weight excluding hydrogens is 410 g/mol. The van der Waals surface area contributed by atoms with E-state index in [1.165, 1.54) is 5.56 Å². The summed E-state index contributed by atoms with van der Waals surface area (Å²) in [5.41, 5.74) is 2.30. The van der Waals surface area contributed by atoms with E-state index >= 15 is 0 Å². The average molecular weight is 438 g/mol. The molecule has 1 atom stereocenters. The molecule has 162 valence electrons. The Hall–Kier alpha value is -2.66. The third-order valence-electron chi connectivity index (χ3n) is 6.56. The smallest absolute Gasteiger partial charge is 0.246 e. The monoisotopic (exact) mass is 437 g/mol. The zero-order valence-electron chi connectivity index (χ0n) is 17.6. The van der Waals surface area contributed by atoms with Gasteiger partial charge in [0.15, 0.2) is 0 Å². The number of aryl methyl sites for hydroxylation is 1. The fourth-order valence-corrected chi connectivity index (χ4v) is 4.59. The Morgan fingerprint density at radius 2 is 1.84 bits per heavy atom. The van der Waals surface area contributed by atoms with Gasteiger partial charge < -0.3 is 10.2 Å². The first-order chi connectivity index (χ1) is 15.1. The molecule has 2 aliphatic rings. The highest BCUT2D eigenvalue weighted by molar-refractivity contribution is 6.30. The first-order valence-electron chi connectivity index (χ1n) is 10.9. The van der Waals surface area contributed by atoms with Crippen LogP contribution in [0.1, 0.15) is 36.8 Å². The van der Waals surface area contributed by atoms with Crippen molar-refractivity contribution >= 4 is 29.5 Å². The molecule has 2 heterocycles. The van der Waals surface area contributed by atoms with E-state index in [0.717, 1.165) is 50.8 Å². The van der Waals surface area contributed by atoms with Crippen molar-refractivity contribution < 1.29 is 9.59 Å². The minimum absolute atomic E-state index is 0.0302. The number of pyridine rings is 1. The number of hydrogen-bond acceptors (Lipinski definition) is 3. The maximum Gasteiger partial charge on any atom is 0.246 e. The maximum absolute atomic E-state index is 12.6. The van der Waals surface area contributed by atoms with Crippen LogP contribution in [0.3, 0.4) is 0 Å². The predicted molar refractivity (Wildman–Crippen MR) is 122 cm³/mol. The second-order valence-corrected chi connectivity index (χ2v) is 9.02. The Morgan fingerprint density at radius 3 is 2.55 bits per heavy atom. The van der Waals surface area contributed by atoms with Gasteiger partial charge in [0, 0.05) is 49.0 Å². The summed E-state index contributed by atoms with van der Waals surface area (Å²) in [5, 5.41) is 3.79. The van der Waals surface area contributed by atoms with E-state index in [2.05, 4.69) is 10.3 Å². The summed E-state index contributed by atoms with van der Waals surface area (Å²) in [6.07, 6.45) is 11.7. The minimum atomic E-state index is 0.0302. The van der Waals surface area contributed by atoms with Gasteiger partial charge in [-0.2, -0.15) is 0 Å². The number of nitrogens with zero attached hydrogens (tertiary/aromatic N) is 2. The molecule has 31 heavy (non-hydrogen) atoms. The van der Waals surface area contributed by atoms with Crippen LogP contribution in [-0.2, 0) is 16.0 Å². The Labute approximate surface area is 188 Å². The summed E-state index contributed by atoms with van der Waals surface area (Å²) >= 11 is 5.89. The van der Waals surface area contributed by atoms with E-state index in [4.69, 9.17) is 11.6 Å². The second-order valence-electron chi connectivity index (χ2n) is 8.58. The summed E-state index contributed by atoms with van der Waals surface area (Å²) in [7, 11) is 0. The van der Waals surface area contributed by atoms with E-state index in [0.29, 0.717) is 11.6 Å². The standard InChI is InChI=1S/C25H28ClN3O2/c26-21-6-3-20(4-7-21)5-8-23(30)29-16-11-25(12-17-29)18-22(25)24(31)28-13-1-2-19-9-14-27-15-10-19/h3-10,14-15,22H,1-2,11-13,16-18H2,(H,28,31)/b8-5+. The number of benzene rings is 1. The molecule has 1 aromatic heterocycles. The molecule has 1 saturated heterocycles. The first kappa shape index (κ1) is 21.6. The fraction of sp³-hybridized carbons (Fsp3) is 0.400. The third-order valence-corrected chi connectivity index (χ3v) is 6.81. The van der Waals surface area contributed by atoms with Crippen molar-refractivity contribution in [2.45, 2.75) is 32.1 Å². The highest BCUT2D eigenvalue weighted by Crippen LogP contribution is 2.59. The van der Waals surface area contributed by atoms with Gasteiger partial charge in [0.05, 0.1) is 0 Å². The van der Waals surface area contributed by atoms with Crippen molar-refractivity contribution in [3.05, 3.63) is 71.0 Å². The molecule has 6 heteroatoms. The molecular formula is C25H28ClN3O2. The van der Waals surface area contributed by atoms with Crippen molar-refractivity contribution in [2.24, 2.45) is 11.3 Å². The number of carbonyl (C=O) groups excluding carboxylic acids is 2. The van der Waals surface area contributed by atoms with Crippen LogP contribution in [0.5, 0.6) is 0 Å². The SMILES string of the molecule is O=C(NCCCc1ccncc1)C1CC12CCN(C(=O)/C=C/c1ccc(Cl)cc1)CC2. The lowest BCUT2D eigenvalue weighted by atomic mass is 9.90. The van der Waals surface area contributed by atoms with Crippen LogP contribution in [0.15, 0.2) is 54.9 Å². The van der Waals surface area contributed by atoms with Crippen LogP contribution in [0, 0.1) is 11.3 Å². The molecule has 1 N–H and O–H groups in total. The van der Waals surface area contributed by atoms with Crippen LogP contribution in [0.2, 0.25) is 5.02 Å². The van der Waals surface area contributed by atoms with E-state index in [-0.39, 0.29) is 23.1 Å². The van der Waals surface area contributed by atoms with Gasteiger partial charge in [0.25, 0.3) is 0 Å². The van der Waals surface area contributed by atoms with Gasteiger partial charge in [-0.3, -0.25) is 14.6 Å². The molecule has 5 nitrogen and oxygen atoms in total. The maximum atomic E-state index is 12.6. The molecule has 2 fully saturated rings. The molecule has 1 spiro atoms. The van der Waals surface area contributed by atoms with Crippen LogP contribution < -0.4 is 5.32 Å². The third kappa shape index (κ3) is 5.53. The molecule has 1 aromatic carbocycles. The van der Waals surface area contributed by atoms with Crippen molar-refractivity contribution in [3.63, 3.8) is 0 Å². The number of rotatable bonds is 7. The van der Waals surface area contributed by atoms with Crippen LogP contribution in [0.4, 0.5) is 0 Å². The normalized spacial score (nSPS) is 19.5. The van der Waals surface area contributed by atoms with E-state index < -0.39 is 0 Å². The summed E-state index contributed by atoms with van der Waals surface area (Å²) in [5.74, 6) is 0.315. The van der Waals surface area contributed by atoms with Gasteiger partial charge in [-0.25, -0.2) is 0 Å². The highest BCUT2D eigenvalue weighted by atomic mass is 35.5. The lowest BCUT2D eigenvalue weighted by Gasteiger charge is -2.32. The second kappa shape index (κ2) is 9.65. The van der Waals surface area contributed by atoms with Gasteiger partial charge >= 0.3 is 0 Å². The minimum Gasteiger partial charge on any atom is -0.356 e. The number of likely N-dealkylation sites (tertiary alicyclic amines) is 1. The Morgan fingerprint density at radius 1 is 1.13 bits per heavy atom. The first-order valence-corrected chi connectivity index (χ1v) is 11.3. The lowest BCUT2D eigenvalue weighted by Crippen LogP contribution is -2.40. The lowest BCUT2D eigenvalue weighted by molar-refractivity contribution is -0.127. The number of hydrogen-bond donors (Lipinski definition) is 1.